The van der Waals surface area contributed by atoms with Crippen LogP contribution < -0.4 is 10.9 Å². The molecule has 12 heteroatoms. The molecule has 2 atom stereocenters. The number of amides is 1. The molecule has 47 heavy (non-hydrogen) atoms. The van der Waals surface area contributed by atoms with Crippen LogP contribution in [0.4, 0.5) is 13.2 Å². The van der Waals surface area contributed by atoms with Gasteiger partial charge in [-0.1, -0.05) is 32.0 Å². The topological polar surface area (TPSA) is 117 Å². The van der Waals surface area contributed by atoms with Crippen molar-refractivity contribution in [3.8, 4) is 11.1 Å². The first-order valence-corrected chi connectivity index (χ1v) is 15.4. The Morgan fingerprint density at radius 2 is 1.77 bits per heavy atom. The molecule has 2 aromatic carbocycles. The number of hydrogen-bond donors (Lipinski definition) is 2. The number of carbonyl (C=O) groups excluding carboxylic acids is 1. The number of carboxylic acids is 1. The van der Waals surface area contributed by atoms with Gasteiger partial charge in [-0.05, 0) is 86.7 Å². The van der Waals surface area contributed by atoms with Crippen LogP contribution in [0.1, 0.15) is 66.6 Å². The Hall–Kier alpha value is -4.58. The van der Waals surface area contributed by atoms with Crippen molar-refractivity contribution in [2.75, 3.05) is 20.6 Å². The van der Waals surface area contributed by atoms with E-state index in [4.69, 9.17) is 0 Å². The number of hydrogen-bond acceptors (Lipinski definition) is 6. The summed E-state index contributed by atoms with van der Waals surface area (Å²) in [6.07, 6.45) is -1.08. The smallest absolute Gasteiger partial charge is 0.416 e. The molecule has 0 spiro atoms. The van der Waals surface area contributed by atoms with Crippen molar-refractivity contribution in [3.05, 3.63) is 93.3 Å². The minimum absolute atomic E-state index is 0.00339. The summed E-state index contributed by atoms with van der Waals surface area (Å²) >= 11 is 0. The molecule has 0 aliphatic rings. The molecule has 2 N–H and O–H groups in total. The quantitative estimate of drug-likeness (QED) is 0.190. The third kappa shape index (κ3) is 8.42. The molecular weight excluding hydrogens is 611 g/mol. The standard InChI is InChI=1S/C35H40F3N5O4/c1-20(2)12-29(43-18-23(10-11-42(5)6)27(15-30(43)44)35(36,37)38)34(47)41-28(16-31(45)46)26-14-24(13-25-17-39-19-40-33(25)26)32-21(3)8-7-9-22(32)4/h7-9,13-15,17-20,28-29H,10-12,16H2,1-6H3,(H,41,47)(H,45,46)/t28-,29+/m0/s1. The number of halogens is 3. The highest BCUT2D eigenvalue weighted by Gasteiger charge is 2.36. The number of benzene rings is 2. The fourth-order valence-electron chi connectivity index (χ4n) is 5.93. The summed E-state index contributed by atoms with van der Waals surface area (Å²) in [6, 6.07) is 7.84. The Balaban J connectivity index is 1.85. The van der Waals surface area contributed by atoms with Gasteiger partial charge in [0.05, 0.1) is 23.5 Å². The average molecular weight is 652 g/mol. The first-order chi connectivity index (χ1) is 22.1. The lowest BCUT2D eigenvalue weighted by molar-refractivity contribution is -0.139. The molecule has 0 aliphatic carbocycles. The Morgan fingerprint density at radius 3 is 2.36 bits per heavy atom. The average Bonchev–Trinajstić information content (AvgIpc) is 2.97. The number of aliphatic carboxylic acids is 1. The highest BCUT2D eigenvalue weighted by Crippen LogP contribution is 2.35. The van der Waals surface area contributed by atoms with Crippen molar-refractivity contribution in [2.45, 2.75) is 65.2 Å². The first kappa shape index (κ1) is 35.3. The van der Waals surface area contributed by atoms with E-state index in [2.05, 4.69) is 15.3 Å². The highest BCUT2D eigenvalue weighted by molar-refractivity contribution is 5.90. The summed E-state index contributed by atoms with van der Waals surface area (Å²) in [7, 11) is 3.45. The van der Waals surface area contributed by atoms with Gasteiger partial charge in [-0.3, -0.25) is 14.4 Å². The fourth-order valence-corrected chi connectivity index (χ4v) is 5.93. The minimum atomic E-state index is -4.76. The molecule has 0 saturated heterocycles. The second kappa shape index (κ2) is 14.5. The highest BCUT2D eigenvalue weighted by atomic mass is 19.4. The molecular formula is C35H40F3N5O4. The summed E-state index contributed by atoms with van der Waals surface area (Å²) in [5.74, 6) is -2.01. The van der Waals surface area contributed by atoms with Crippen LogP contribution in [0, 0.1) is 19.8 Å². The minimum Gasteiger partial charge on any atom is -0.481 e. The Bertz CT molecular complexity index is 1810. The predicted molar refractivity (Wildman–Crippen MR) is 174 cm³/mol. The Labute approximate surface area is 271 Å². The van der Waals surface area contributed by atoms with Gasteiger partial charge < -0.3 is 19.9 Å². The van der Waals surface area contributed by atoms with E-state index in [0.717, 1.165) is 33.0 Å². The van der Waals surface area contributed by atoms with Gasteiger partial charge in [0, 0.05) is 36.0 Å². The van der Waals surface area contributed by atoms with Crippen molar-refractivity contribution >= 4 is 22.8 Å². The van der Waals surface area contributed by atoms with E-state index in [1.54, 1.807) is 31.3 Å². The Kier molecular flexibility index (Phi) is 10.9. The summed E-state index contributed by atoms with van der Waals surface area (Å²) in [5.41, 5.74) is 2.47. The van der Waals surface area contributed by atoms with Crippen LogP contribution in [0.15, 0.2) is 59.9 Å². The van der Waals surface area contributed by atoms with Crippen molar-refractivity contribution in [1.82, 2.24) is 24.8 Å². The second-order valence-electron chi connectivity index (χ2n) is 12.6. The van der Waals surface area contributed by atoms with Crippen LogP contribution in [0.3, 0.4) is 0 Å². The molecule has 0 fully saturated rings. The predicted octanol–water partition coefficient (Wildman–Crippen LogP) is 6.12. The molecule has 2 heterocycles. The van der Waals surface area contributed by atoms with E-state index in [9.17, 15) is 32.7 Å². The number of carboxylic acid groups (broad SMARTS) is 1. The Morgan fingerprint density at radius 1 is 1.09 bits per heavy atom. The lowest BCUT2D eigenvalue weighted by atomic mass is 9.90. The van der Waals surface area contributed by atoms with Gasteiger partial charge in [-0.2, -0.15) is 13.2 Å². The number of pyridine rings is 1. The number of aryl methyl sites for hydroxylation is 2. The normalized spacial score (nSPS) is 13.3. The van der Waals surface area contributed by atoms with Crippen molar-refractivity contribution < 1.29 is 27.9 Å². The number of nitrogens with one attached hydrogen (secondary N) is 1. The van der Waals surface area contributed by atoms with Gasteiger partial charge in [0.25, 0.3) is 5.56 Å². The summed E-state index contributed by atoms with van der Waals surface area (Å²) in [6.45, 7) is 7.88. The van der Waals surface area contributed by atoms with E-state index in [0.29, 0.717) is 22.5 Å². The molecule has 0 unspecified atom stereocenters. The van der Waals surface area contributed by atoms with Gasteiger partial charge >= 0.3 is 12.1 Å². The number of carbonyl (C=O) groups is 2. The third-order valence-electron chi connectivity index (χ3n) is 8.11. The van der Waals surface area contributed by atoms with Crippen LogP contribution in [-0.4, -0.2) is 57.1 Å². The van der Waals surface area contributed by atoms with E-state index in [1.807, 2.05) is 52.0 Å². The molecule has 2 aromatic heterocycles. The van der Waals surface area contributed by atoms with Gasteiger partial charge in [0.1, 0.15) is 12.4 Å². The second-order valence-corrected chi connectivity index (χ2v) is 12.6. The molecule has 9 nitrogen and oxygen atoms in total. The maximum atomic E-state index is 14.1. The summed E-state index contributed by atoms with van der Waals surface area (Å²) in [5, 5.41) is 13.4. The lowest BCUT2D eigenvalue weighted by Crippen LogP contribution is -2.40. The monoisotopic (exact) mass is 651 g/mol. The number of fused-ring (bicyclic) bond motifs is 1. The number of rotatable bonds is 12. The van der Waals surface area contributed by atoms with Crippen molar-refractivity contribution in [3.63, 3.8) is 0 Å². The first-order valence-electron chi connectivity index (χ1n) is 15.4. The van der Waals surface area contributed by atoms with Gasteiger partial charge in [-0.25, -0.2) is 9.97 Å². The fraction of sp³-hybridized carbons (Fsp3) is 0.400. The van der Waals surface area contributed by atoms with Crippen LogP contribution >= 0.6 is 0 Å². The third-order valence-corrected chi connectivity index (χ3v) is 8.11. The summed E-state index contributed by atoms with van der Waals surface area (Å²) in [4.78, 5) is 49.9. The molecule has 4 rings (SSSR count). The zero-order valence-corrected chi connectivity index (χ0v) is 27.4. The molecule has 0 radical (unpaired) electrons. The lowest BCUT2D eigenvalue weighted by Gasteiger charge is -2.27. The largest absolute Gasteiger partial charge is 0.481 e. The molecule has 1 amide bonds. The number of nitrogens with zero attached hydrogens (tertiary/aromatic N) is 4. The molecule has 250 valence electrons. The van der Waals surface area contributed by atoms with E-state index >= 15 is 0 Å². The van der Waals surface area contributed by atoms with Crippen LogP contribution in [0.5, 0.6) is 0 Å². The van der Waals surface area contributed by atoms with E-state index < -0.39 is 47.7 Å². The molecule has 0 bridgehead atoms. The van der Waals surface area contributed by atoms with Crippen LogP contribution in [-0.2, 0) is 22.2 Å². The van der Waals surface area contributed by atoms with Crippen LogP contribution in [0.2, 0.25) is 0 Å². The van der Waals surface area contributed by atoms with E-state index in [-0.39, 0.29) is 30.9 Å². The van der Waals surface area contributed by atoms with Crippen molar-refractivity contribution in [1.29, 1.82) is 0 Å². The molecule has 4 aromatic rings. The van der Waals surface area contributed by atoms with Gasteiger partial charge in [-0.15, -0.1) is 0 Å². The number of aromatic nitrogens is 3. The molecule has 0 saturated carbocycles. The van der Waals surface area contributed by atoms with Crippen molar-refractivity contribution in [2.24, 2.45) is 5.92 Å². The van der Waals surface area contributed by atoms with Gasteiger partial charge in [0.15, 0.2) is 0 Å². The zero-order chi connectivity index (χ0) is 34.6. The number of alkyl halides is 3. The molecule has 0 aliphatic heterocycles. The zero-order valence-electron chi connectivity index (χ0n) is 27.4. The maximum Gasteiger partial charge on any atom is 0.416 e. The van der Waals surface area contributed by atoms with Crippen LogP contribution in [0.25, 0.3) is 22.0 Å². The summed E-state index contributed by atoms with van der Waals surface area (Å²) < 4.78 is 42.9. The van der Waals surface area contributed by atoms with Gasteiger partial charge in [0.2, 0.25) is 5.91 Å². The van der Waals surface area contributed by atoms with E-state index in [1.165, 1.54) is 6.33 Å². The SMILES string of the molecule is Cc1cccc(C)c1-c1cc([C@H](CC(=O)O)NC(=O)[C@@H](CC(C)C)n2cc(CCN(C)C)c(C(F)(F)F)cc2=O)c2ncncc2c1. The maximum absolute atomic E-state index is 14.1. The number of likely N-dealkylation sites (N-methyl/N-ethyl adjacent to an activating group) is 1.